The summed E-state index contributed by atoms with van der Waals surface area (Å²) in [7, 11) is 0. The van der Waals surface area contributed by atoms with Crippen molar-refractivity contribution in [1.82, 2.24) is 10.2 Å². The van der Waals surface area contributed by atoms with Crippen LogP contribution in [0.5, 0.6) is 0 Å². The van der Waals surface area contributed by atoms with Gasteiger partial charge in [0.2, 0.25) is 0 Å². The first-order valence-electron chi connectivity index (χ1n) is 8.44. The first kappa shape index (κ1) is 17.0. The van der Waals surface area contributed by atoms with Crippen LogP contribution in [-0.2, 0) is 12.0 Å². The number of hydrogen-bond acceptors (Lipinski definition) is 2. The second-order valence-electron chi connectivity index (χ2n) is 6.52. The molecule has 1 aliphatic rings. The molecule has 25 heavy (non-hydrogen) atoms. The fraction of sp³-hybridized carbons (Fsp3) is 0.300. The van der Waals surface area contributed by atoms with E-state index in [9.17, 15) is 9.59 Å². The van der Waals surface area contributed by atoms with E-state index in [0.29, 0.717) is 6.54 Å². The number of nitrogens with one attached hydrogen (secondary N) is 1. The van der Waals surface area contributed by atoms with E-state index in [4.69, 9.17) is 5.11 Å². The molecule has 0 aromatic heterocycles. The number of urea groups is 1. The average molecular weight is 338 g/mol. The molecule has 0 atom stereocenters. The number of aromatic carboxylic acids is 1. The molecule has 0 unspecified atom stereocenters. The molecule has 1 saturated heterocycles. The summed E-state index contributed by atoms with van der Waals surface area (Å²) in [6.07, 6.45) is 0.997. The van der Waals surface area contributed by atoms with E-state index in [2.05, 4.69) is 24.4 Å². The van der Waals surface area contributed by atoms with Crippen molar-refractivity contribution < 1.29 is 14.7 Å². The molecular weight excluding hydrogens is 316 g/mol. The van der Waals surface area contributed by atoms with Crippen molar-refractivity contribution in [3.05, 3.63) is 71.3 Å². The number of carbonyl (C=O) groups is 2. The van der Waals surface area contributed by atoms with Crippen molar-refractivity contribution in [2.45, 2.75) is 25.3 Å². The molecule has 1 heterocycles. The predicted octanol–water partition coefficient (Wildman–Crippen LogP) is 3.26. The van der Waals surface area contributed by atoms with Gasteiger partial charge in [0.15, 0.2) is 0 Å². The van der Waals surface area contributed by atoms with Crippen LogP contribution in [0, 0.1) is 0 Å². The van der Waals surface area contributed by atoms with Gasteiger partial charge in [-0.25, -0.2) is 9.59 Å². The normalized spacial score (nSPS) is 15.3. The molecule has 3 rings (SSSR count). The van der Waals surface area contributed by atoms with Gasteiger partial charge in [-0.1, -0.05) is 49.4 Å². The highest BCUT2D eigenvalue weighted by molar-refractivity contribution is 5.87. The molecular formula is C20H22N2O3. The Morgan fingerprint density at radius 3 is 2.28 bits per heavy atom. The van der Waals surface area contributed by atoms with Gasteiger partial charge in [-0.3, -0.25) is 0 Å². The fourth-order valence-corrected chi connectivity index (χ4v) is 3.28. The Labute approximate surface area is 147 Å². The maximum atomic E-state index is 12.3. The van der Waals surface area contributed by atoms with Gasteiger partial charge in [0.25, 0.3) is 0 Å². The molecule has 0 radical (unpaired) electrons. The average Bonchev–Trinajstić information content (AvgIpc) is 2.61. The van der Waals surface area contributed by atoms with Crippen LogP contribution in [0.15, 0.2) is 54.6 Å². The lowest BCUT2D eigenvalue weighted by Crippen LogP contribution is -2.62. The minimum atomic E-state index is -0.951. The number of amides is 2. The predicted molar refractivity (Wildman–Crippen MR) is 95.6 cm³/mol. The molecule has 2 aromatic carbocycles. The van der Waals surface area contributed by atoms with Gasteiger partial charge >= 0.3 is 12.0 Å². The summed E-state index contributed by atoms with van der Waals surface area (Å²) in [6, 6.07) is 16.8. The van der Waals surface area contributed by atoms with Crippen molar-refractivity contribution in [3.8, 4) is 0 Å². The summed E-state index contributed by atoms with van der Waals surface area (Å²) in [5.41, 5.74) is 2.46. The van der Waals surface area contributed by atoms with Crippen LogP contribution in [0.2, 0.25) is 0 Å². The Morgan fingerprint density at radius 2 is 1.72 bits per heavy atom. The zero-order chi connectivity index (χ0) is 17.9. The number of benzene rings is 2. The molecule has 0 bridgehead atoms. The molecule has 130 valence electrons. The summed E-state index contributed by atoms with van der Waals surface area (Å²) < 4.78 is 0. The third-order valence-electron chi connectivity index (χ3n) is 4.98. The van der Waals surface area contributed by atoms with Crippen molar-refractivity contribution >= 4 is 12.0 Å². The number of rotatable bonds is 5. The largest absolute Gasteiger partial charge is 0.478 e. The molecule has 5 nitrogen and oxygen atoms in total. The van der Waals surface area contributed by atoms with Gasteiger partial charge in [-0.05, 0) is 29.7 Å². The summed E-state index contributed by atoms with van der Waals surface area (Å²) >= 11 is 0. The summed E-state index contributed by atoms with van der Waals surface area (Å²) in [5.74, 6) is -0.951. The van der Waals surface area contributed by atoms with Crippen molar-refractivity contribution in [1.29, 1.82) is 0 Å². The second kappa shape index (κ2) is 6.97. The maximum Gasteiger partial charge on any atom is 0.335 e. The van der Waals surface area contributed by atoms with Gasteiger partial charge in [0, 0.05) is 25.0 Å². The Balaban J connectivity index is 1.54. The van der Waals surface area contributed by atoms with E-state index in [1.165, 1.54) is 5.56 Å². The SMILES string of the molecule is CCC1(c2ccccc2)CN(C(=O)NCc2ccc(C(=O)O)cc2)C1. The molecule has 1 aliphatic heterocycles. The minimum absolute atomic E-state index is 0.0573. The maximum absolute atomic E-state index is 12.3. The Kier molecular flexibility index (Phi) is 4.74. The lowest BCUT2D eigenvalue weighted by molar-refractivity contribution is 0.0696. The van der Waals surface area contributed by atoms with Crippen LogP contribution >= 0.6 is 0 Å². The molecule has 2 N–H and O–H groups in total. The Hall–Kier alpha value is -2.82. The monoisotopic (exact) mass is 338 g/mol. The van der Waals surface area contributed by atoms with Crippen molar-refractivity contribution in [2.24, 2.45) is 0 Å². The topological polar surface area (TPSA) is 69.6 Å². The Morgan fingerprint density at radius 1 is 1.08 bits per heavy atom. The fourth-order valence-electron chi connectivity index (χ4n) is 3.28. The smallest absolute Gasteiger partial charge is 0.335 e. The number of carbonyl (C=O) groups excluding carboxylic acids is 1. The van der Waals surface area contributed by atoms with Crippen molar-refractivity contribution in [3.63, 3.8) is 0 Å². The number of carboxylic acid groups (broad SMARTS) is 1. The highest BCUT2D eigenvalue weighted by Crippen LogP contribution is 2.37. The second-order valence-corrected chi connectivity index (χ2v) is 6.52. The van der Waals surface area contributed by atoms with E-state index in [0.717, 1.165) is 25.1 Å². The van der Waals surface area contributed by atoms with Crippen LogP contribution in [0.4, 0.5) is 4.79 Å². The van der Waals surface area contributed by atoms with Crippen LogP contribution in [-0.4, -0.2) is 35.1 Å². The number of nitrogens with zero attached hydrogens (tertiary/aromatic N) is 1. The van der Waals surface area contributed by atoms with Gasteiger partial charge in [-0.15, -0.1) is 0 Å². The lowest BCUT2D eigenvalue weighted by atomic mass is 9.72. The summed E-state index contributed by atoms with van der Waals surface area (Å²) in [4.78, 5) is 25.0. The van der Waals surface area contributed by atoms with E-state index in [1.54, 1.807) is 24.3 Å². The molecule has 0 saturated carbocycles. The van der Waals surface area contributed by atoms with E-state index >= 15 is 0 Å². The summed E-state index contributed by atoms with van der Waals surface area (Å²) in [6.45, 7) is 3.99. The zero-order valence-electron chi connectivity index (χ0n) is 14.2. The quantitative estimate of drug-likeness (QED) is 0.879. The van der Waals surface area contributed by atoms with Crippen LogP contribution in [0.3, 0.4) is 0 Å². The van der Waals surface area contributed by atoms with E-state index in [-0.39, 0.29) is 17.0 Å². The van der Waals surface area contributed by atoms with Gasteiger partial charge < -0.3 is 15.3 Å². The van der Waals surface area contributed by atoms with Crippen molar-refractivity contribution in [2.75, 3.05) is 13.1 Å². The van der Waals surface area contributed by atoms with Crippen LogP contribution in [0.1, 0.15) is 34.8 Å². The standard InChI is InChI=1S/C20H22N2O3/c1-2-20(17-6-4-3-5-7-17)13-22(14-20)19(25)21-12-15-8-10-16(11-9-15)18(23)24/h3-11H,2,12-14H2,1H3,(H,21,25)(H,23,24). The lowest BCUT2D eigenvalue weighted by Gasteiger charge is -2.50. The molecule has 2 amide bonds. The van der Waals surface area contributed by atoms with E-state index in [1.807, 2.05) is 23.1 Å². The highest BCUT2D eigenvalue weighted by atomic mass is 16.4. The van der Waals surface area contributed by atoms with Gasteiger partial charge in [0.1, 0.15) is 0 Å². The number of hydrogen-bond donors (Lipinski definition) is 2. The highest BCUT2D eigenvalue weighted by Gasteiger charge is 2.44. The third kappa shape index (κ3) is 3.50. The molecule has 0 spiro atoms. The van der Waals surface area contributed by atoms with Gasteiger partial charge in [0.05, 0.1) is 5.56 Å². The first-order valence-corrected chi connectivity index (χ1v) is 8.44. The molecule has 0 aliphatic carbocycles. The minimum Gasteiger partial charge on any atom is -0.478 e. The molecule has 5 heteroatoms. The third-order valence-corrected chi connectivity index (χ3v) is 4.98. The number of likely N-dealkylation sites (tertiary alicyclic amines) is 1. The molecule has 1 fully saturated rings. The first-order chi connectivity index (χ1) is 12.0. The van der Waals surface area contributed by atoms with E-state index < -0.39 is 5.97 Å². The summed E-state index contributed by atoms with van der Waals surface area (Å²) in [5, 5.41) is 11.8. The Bertz CT molecular complexity index is 750. The van der Waals surface area contributed by atoms with Crippen LogP contribution < -0.4 is 5.32 Å². The molecule has 2 aromatic rings. The zero-order valence-corrected chi connectivity index (χ0v) is 14.2. The van der Waals surface area contributed by atoms with Gasteiger partial charge in [-0.2, -0.15) is 0 Å². The van der Waals surface area contributed by atoms with Crippen LogP contribution in [0.25, 0.3) is 0 Å². The number of carboxylic acids is 1.